The lowest BCUT2D eigenvalue weighted by Gasteiger charge is -2.26. The number of rotatable bonds is 4. The standard InChI is InChI=1S/C20H20ClN3O3S2/c1-13-5-7-16(8-6-13)24-18-12-29(26,27)11-17(18)23-20(24)28-10-19(25)22-15-4-2-3-14(21)9-15/h2-9,17-18H,10-12H2,1H3,(H,22,25)/t17-,18+/m0/s1. The molecule has 2 aromatic rings. The number of thioether (sulfide) groups is 1. The normalized spacial score (nSPS) is 22.3. The van der Waals surface area contributed by atoms with Gasteiger partial charge in [-0.1, -0.05) is 47.1 Å². The van der Waals surface area contributed by atoms with Gasteiger partial charge in [-0.2, -0.15) is 0 Å². The van der Waals surface area contributed by atoms with Crippen molar-refractivity contribution < 1.29 is 13.2 Å². The van der Waals surface area contributed by atoms with Gasteiger partial charge < -0.3 is 10.2 Å². The van der Waals surface area contributed by atoms with Crippen molar-refractivity contribution in [1.29, 1.82) is 0 Å². The van der Waals surface area contributed by atoms with Crippen molar-refractivity contribution in [3.05, 3.63) is 59.1 Å². The van der Waals surface area contributed by atoms with Gasteiger partial charge in [-0.15, -0.1) is 0 Å². The molecule has 1 amide bonds. The number of hydrogen-bond donors (Lipinski definition) is 1. The second-order valence-electron chi connectivity index (χ2n) is 7.18. The SMILES string of the molecule is Cc1ccc(N2C(SCC(=O)Nc3cccc(Cl)c3)=N[C@H]3CS(=O)(=O)C[C@H]32)cc1. The minimum atomic E-state index is -3.10. The van der Waals surface area contributed by atoms with Gasteiger partial charge in [0.15, 0.2) is 15.0 Å². The van der Waals surface area contributed by atoms with Crippen molar-refractivity contribution in [2.75, 3.05) is 27.5 Å². The summed E-state index contributed by atoms with van der Waals surface area (Å²) in [5.74, 6) is 0.125. The first-order chi connectivity index (χ1) is 13.8. The number of nitrogens with zero attached hydrogens (tertiary/aromatic N) is 2. The van der Waals surface area contributed by atoms with E-state index < -0.39 is 9.84 Å². The molecule has 29 heavy (non-hydrogen) atoms. The predicted molar refractivity (Wildman–Crippen MR) is 120 cm³/mol. The average molecular weight is 450 g/mol. The fourth-order valence-electron chi connectivity index (χ4n) is 3.53. The van der Waals surface area contributed by atoms with Crippen LogP contribution >= 0.6 is 23.4 Å². The van der Waals surface area contributed by atoms with E-state index >= 15 is 0 Å². The number of carbonyl (C=O) groups is 1. The number of anilines is 2. The van der Waals surface area contributed by atoms with Crippen molar-refractivity contribution in [3.63, 3.8) is 0 Å². The van der Waals surface area contributed by atoms with Crippen LogP contribution in [0.5, 0.6) is 0 Å². The van der Waals surface area contributed by atoms with Crippen LogP contribution in [0.25, 0.3) is 0 Å². The van der Waals surface area contributed by atoms with Crippen LogP contribution in [-0.2, 0) is 14.6 Å². The predicted octanol–water partition coefficient (Wildman–Crippen LogP) is 3.36. The van der Waals surface area contributed by atoms with E-state index in [4.69, 9.17) is 11.6 Å². The highest BCUT2D eigenvalue weighted by molar-refractivity contribution is 8.14. The van der Waals surface area contributed by atoms with Crippen molar-refractivity contribution >= 4 is 55.6 Å². The van der Waals surface area contributed by atoms with Gasteiger partial charge in [0.2, 0.25) is 5.91 Å². The van der Waals surface area contributed by atoms with Crippen LogP contribution in [-0.4, -0.2) is 48.8 Å². The molecule has 2 aliphatic rings. The fourth-order valence-corrected chi connectivity index (χ4v) is 6.49. The van der Waals surface area contributed by atoms with Gasteiger partial charge in [0.05, 0.1) is 29.3 Å². The zero-order valence-electron chi connectivity index (χ0n) is 15.7. The molecule has 9 heteroatoms. The number of amides is 1. The third-order valence-corrected chi connectivity index (χ3v) is 7.76. The second-order valence-corrected chi connectivity index (χ2v) is 10.7. The minimum absolute atomic E-state index is 0.0544. The molecule has 0 radical (unpaired) electrons. The number of aliphatic imine (C=N–C) groups is 1. The molecular formula is C20H20ClN3O3S2. The molecule has 4 rings (SSSR count). The molecule has 0 spiro atoms. The lowest BCUT2D eigenvalue weighted by atomic mass is 10.1. The molecule has 0 bridgehead atoms. The quantitative estimate of drug-likeness (QED) is 0.774. The molecule has 2 atom stereocenters. The van der Waals surface area contributed by atoms with Crippen molar-refractivity contribution in [3.8, 4) is 0 Å². The molecule has 1 saturated heterocycles. The number of hydrogen-bond acceptors (Lipinski definition) is 6. The summed E-state index contributed by atoms with van der Waals surface area (Å²) in [7, 11) is -3.10. The van der Waals surface area contributed by atoms with E-state index in [0.29, 0.717) is 15.9 Å². The fraction of sp³-hybridized carbons (Fsp3) is 0.300. The van der Waals surface area contributed by atoms with Crippen molar-refractivity contribution in [2.45, 2.75) is 19.0 Å². The van der Waals surface area contributed by atoms with E-state index in [-0.39, 0.29) is 35.2 Å². The minimum Gasteiger partial charge on any atom is -0.325 e. The van der Waals surface area contributed by atoms with Crippen LogP contribution in [0.4, 0.5) is 11.4 Å². The number of carbonyl (C=O) groups excluding carboxylic acids is 1. The van der Waals surface area contributed by atoms with Crippen LogP contribution in [0, 0.1) is 6.92 Å². The molecule has 0 unspecified atom stereocenters. The van der Waals surface area contributed by atoms with E-state index in [9.17, 15) is 13.2 Å². The summed E-state index contributed by atoms with van der Waals surface area (Å²) in [4.78, 5) is 19.0. The summed E-state index contributed by atoms with van der Waals surface area (Å²) in [6, 6.07) is 14.4. The Kier molecular flexibility index (Phi) is 5.59. The van der Waals surface area contributed by atoms with Crippen LogP contribution in [0.2, 0.25) is 5.02 Å². The van der Waals surface area contributed by atoms with Crippen LogP contribution in [0.15, 0.2) is 53.5 Å². The number of benzene rings is 2. The number of aryl methyl sites for hydroxylation is 1. The summed E-state index contributed by atoms with van der Waals surface area (Å²) in [5.41, 5.74) is 2.65. The van der Waals surface area contributed by atoms with E-state index in [1.54, 1.807) is 24.3 Å². The topological polar surface area (TPSA) is 78.8 Å². The first-order valence-electron chi connectivity index (χ1n) is 9.13. The highest BCUT2D eigenvalue weighted by atomic mass is 35.5. The number of amidine groups is 1. The zero-order valence-corrected chi connectivity index (χ0v) is 18.1. The lowest BCUT2D eigenvalue weighted by molar-refractivity contribution is -0.113. The number of fused-ring (bicyclic) bond motifs is 1. The molecule has 0 aliphatic carbocycles. The number of nitrogens with one attached hydrogen (secondary N) is 1. The number of halogens is 1. The Balaban J connectivity index is 1.50. The summed E-state index contributed by atoms with van der Waals surface area (Å²) in [6.45, 7) is 2.00. The third-order valence-electron chi connectivity index (χ3n) is 4.86. The average Bonchev–Trinajstić information content (AvgIpc) is 3.12. The maximum absolute atomic E-state index is 12.4. The van der Waals surface area contributed by atoms with Gasteiger partial charge in [-0.25, -0.2) is 8.42 Å². The summed E-state index contributed by atoms with van der Waals surface area (Å²) in [5, 5.41) is 4.05. The molecule has 152 valence electrons. The van der Waals surface area contributed by atoms with Crippen LogP contribution < -0.4 is 10.2 Å². The van der Waals surface area contributed by atoms with E-state index in [1.165, 1.54) is 11.8 Å². The molecule has 1 fully saturated rings. The third kappa shape index (κ3) is 4.60. The second kappa shape index (κ2) is 8.01. The molecule has 0 aromatic heterocycles. The summed E-state index contributed by atoms with van der Waals surface area (Å²) in [6.07, 6.45) is 0. The Bertz CT molecular complexity index is 1070. The van der Waals surface area contributed by atoms with Gasteiger partial charge in [0, 0.05) is 16.4 Å². The van der Waals surface area contributed by atoms with E-state index in [0.717, 1.165) is 11.3 Å². The van der Waals surface area contributed by atoms with E-state index in [2.05, 4.69) is 10.3 Å². The van der Waals surface area contributed by atoms with Crippen LogP contribution in [0.3, 0.4) is 0 Å². The van der Waals surface area contributed by atoms with Gasteiger partial charge >= 0.3 is 0 Å². The van der Waals surface area contributed by atoms with Gasteiger partial charge in [0.1, 0.15) is 0 Å². The Morgan fingerprint density at radius 3 is 2.72 bits per heavy atom. The lowest BCUT2D eigenvalue weighted by Crippen LogP contribution is -2.39. The van der Waals surface area contributed by atoms with Crippen molar-refractivity contribution in [2.24, 2.45) is 4.99 Å². The molecule has 6 nitrogen and oxygen atoms in total. The Morgan fingerprint density at radius 2 is 2.00 bits per heavy atom. The molecule has 0 saturated carbocycles. The summed E-state index contributed by atoms with van der Waals surface area (Å²) >= 11 is 7.27. The summed E-state index contributed by atoms with van der Waals surface area (Å²) < 4.78 is 24.2. The highest BCUT2D eigenvalue weighted by Crippen LogP contribution is 2.35. The van der Waals surface area contributed by atoms with Gasteiger partial charge in [-0.05, 0) is 37.3 Å². The van der Waals surface area contributed by atoms with Crippen molar-refractivity contribution in [1.82, 2.24) is 0 Å². The highest BCUT2D eigenvalue weighted by Gasteiger charge is 2.47. The maximum atomic E-state index is 12.4. The van der Waals surface area contributed by atoms with Gasteiger partial charge in [0.25, 0.3) is 0 Å². The number of sulfone groups is 1. The Labute approximate surface area is 179 Å². The molecule has 1 N–H and O–H groups in total. The largest absolute Gasteiger partial charge is 0.325 e. The molecule has 2 heterocycles. The van der Waals surface area contributed by atoms with Gasteiger partial charge in [-0.3, -0.25) is 9.79 Å². The first-order valence-corrected chi connectivity index (χ1v) is 12.3. The maximum Gasteiger partial charge on any atom is 0.234 e. The Morgan fingerprint density at radius 1 is 1.24 bits per heavy atom. The molecular weight excluding hydrogens is 430 g/mol. The van der Waals surface area contributed by atoms with Crippen LogP contribution in [0.1, 0.15) is 5.56 Å². The molecule has 2 aromatic carbocycles. The van der Waals surface area contributed by atoms with E-state index in [1.807, 2.05) is 36.1 Å². The first kappa shape index (κ1) is 20.3. The monoisotopic (exact) mass is 449 g/mol. The Hall–Kier alpha value is -2.03. The smallest absolute Gasteiger partial charge is 0.234 e. The molecule has 2 aliphatic heterocycles. The zero-order chi connectivity index (χ0) is 20.6.